The largest absolute Gasteiger partial charge is 0.458 e. The summed E-state index contributed by atoms with van der Waals surface area (Å²) in [4.78, 5) is 203. The molecule has 29 heteroatoms. The first kappa shape index (κ1) is 160. The molecule has 1 aromatic carbocycles. The number of nitriles is 1. The van der Waals surface area contributed by atoms with Gasteiger partial charge in [-0.15, -0.1) is 6.42 Å². The number of terminal acetylenes is 1. The highest BCUT2D eigenvalue weighted by Crippen LogP contribution is 2.27. The molecular formula is C121H197F2N5O19S3. The molecule has 0 aliphatic heterocycles. The third-order valence-electron chi connectivity index (χ3n) is 17.7. The van der Waals surface area contributed by atoms with Crippen molar-refractivity contribution in [3.63, 3.8) is 0 Å². The SMILES string of the molecule is C#CC(=O)CC(C)(C)C.C/C(F)=C/C(=O)C(C)(C)C.C=CC(=O)CC(C)(C)C.CC(=O)CC(=O)C(C)(C)C.CC(=O)OCC(=O)CC(C)(C)C.CC(C)(C)C(=O)CC#N.CC(C)(C)C(=O)CF.CC(C)=CC(=O)C(C)(C)C.CC(C)=CC(=O)C(C)(C)C.CC(C)=CC(=O)CC(C)(C)C.CC(C)=CC(=O)CC(C)(C)C.CC(C)C(=O)Cn1sc2ccccc2c1=O.CC(C)C(=O)Cn1sccc1=O.CC(C)C(=O)c1nc(C(C)C)ns1. The Bertz CT molecular complexity index is 5140. The van der Waals surface area contributed by atoms with Crippen molar-refractivity contribution in [1.29, 1.82) is 5.26 Å². The minimum atomic E-state index is -0.844. The molecule has 0 atom stereocenters. The van der Waals surface area contributed by atoms with Gasteiger partial charge < -0.3 is 4.74 Å². The standard InChI is InChI=1S/C12H13NO2S.2C10H18O.C9H14N2OS.C9H16O3.2C9H16O.C8H13FO.C8H11NO2S.C8H14O2.C8H14O.C8H12O.C7H11NO.C6H11FO/c1-8(2)10(14)7-13-12(15)9-5-3-4-6-11(9)16-13;2*1-8(2)6-9(11)7-10(3,4)5;1-5(2)7(12)9-10-8(6(3)4)11-13-9;1-7(10)12-6-8(11)5-9(2,3)4;2*1-7(2)6-8(10)9(3,4)5;1-6(9)5-7(10)8(2,3)4;1-6(2)7(10)5-9-8(11)3-4-12-9;1-6(9)5-7(10)8(2,3)4;2*1-5-7(9)6-8(2,3)4;1-7(2,3)6(9)4-5-8;1-6(2,3)5(8)4-7/h3-6,8H,7H2,1-2H3;2*6H,7H2,1-5H3;5-6H,1-4H3;5-6H2,1-4H3;2*6H,1-5H3;5H,1-4H3;3-4,6H,5H2,1-2H3;5H2,1-4H3;5H,1,6H2,2-4H3;1H,6H2,2-4H3;4H2,1-3H3;4H2,1-3H3/b;;;;;;;6-5-;;;;;;. The van der Waals surface area contributed by atoms with Crippen LogP contribution in [0.1, 0.15) is 427 Å². The first-order valence-electron chi connectivity index (χ1n) is 50.5. The fourth-order valence-corrected chi connectivity index (χ4v) is 11.7. The van der Waals surface area contributed by atoms with Crippen LogP contribution in [0, 0.1) is 101 Å². The summed E-state index contributed by atoms with van der Waals surface area (Å²) >= 11 is 3.84. The van der Waals surface area contributed by atoms with Crippen LogP contribution in [-0.4, -0.2) is 123 Å². The number of allylic oxidation sites excluding steroid dienone is 11. The fraction of sp³-hybridized carbons (Fsp3) is 0.645. The van der Waals surface area contributed by atoms with Crippen LogP contribution < -0.4 is 11.1 Å². The number of ketones is 15. The maximum atomic E-state index is 12.1. The Morgan fingerprint density at radius 3 is 1.03 bits per heavy atom. The van der Waals surface area contributed by atoms with Crippen molar-refractivity contribution in [2.45, 2.75) is 424 Å². The van der Waals surface area contributed by atoms with E-state index < -0.39 is 29.3 Å². The lowest BCUT2D eigenvalue weighted by atomic mass is 9.88. The maximum Gasteiger partial charge on any atom is 0.303 e. The number of aromatic nitrogens is 4. The predicted octanol–water partition coefficient (Wildman–Crippen LogP) is 29.5. The molecule has 24 nitrogen and oxygen atoms in total. The summed E-state index contributed by atoms with van der Waals surface area (Å²) < 4.78 is 36.3. The van der Waals surface area contributed by atoms with Gasteiger partial charge in [-0.2, -0.15) is 9.64 Å². The zero-order valence-electron chi connectivity index (χ0n) is 102. The summed E-state index contributed by atoms with van der Waals surface area (Å²) in [6.07, 6.45) is 17.0. The van der Waals surface area contributed by atoms with E-state index in [-0.39, 0.29) is 197 Å². The van der Waals surface area contributed by atoms with E-state index in [0.717, 1.165) is 38.9 Å². The highest BCUT2D eigenvalue weighted by Gasteiger charge is 2.27. The van der Waals surface area contributed by atoms with Crippen LogP contribution >= 0.6 is 34.6 Å². The second-order valence-electron chi connectivity index (χ2n) is 50.6. The number of halogens is 2. The van der Waals surface area contributed by atoms with Crippen LogP contribution in [0.2, 0.25) is 0 Å². The quantitative estimate of drug-likeness (QED) is 0.0141. The summed E-state index contributed by atoms with van der Waals surface area (Å²) in [5.74, 6) is 2.88. The summed E-state index contributed by atoms with van der Waals surface area (Å²) in [6.45, 7) is 101. The number of hydrogen-bond acceptors (Lipinski definition) is 25. The molecule has 0 saturated carbocycles. The van der Waals surface area contributed by atoms with Crippen molar-refractivity contribution in [2.24, 2.45) is 77.3 Å². The second kappa shape index (κ2) is 76.3. The van der Waals surface area contributed by atoms with Gasteiger partial charge in [0.25, 0.3) is 11.1 Å². The number of rotatable bonds is 26. The molecule has 3 heterocycles. The van der Waals surface area contributed by atoms with E-state index in [4.69, 9.17) is 11.7 Å². The van der Waals surface area contributed by atoms with Crippen molar-refractivity contribution in [1.82, 2.24) is 17.3 Å². The van der Waals surface area contributed by atoms with Crippen LogP contribution in [0.4, 0.5) is 8.78 Å². The summed E-state index contributed by atoms with van der Waals surface area (Å²) in [7, 11) is 0. The van der Waals surface area contributed by atoms with Gasteiger partial charge in [0.15, 0.2) is 74.4 Å². The molecule has 4 aromatic rings. The molecule has 0 unspecified atom stereocenters. The third-order valence-corrected chi connectivity index (χ3v) is 20.3. The van der Waals surface area contributed by atoms with Gasteiger partial charge in [-0.05, 0) is 156 Å². The predicted molar refractivity (Wildman–Crippen MR) is 619 cm³/mol. The van der Waals surface area contributed by atoms with Gasteiger partial charge in [0, 0.05) is 113 Å². The molecule has 852 valence electrons. The molecular weight excluding hydrogens is 1960 g/mol. The highest BCUT2D eigenvalue weighted by atomic mass is 32.1. The van der Waals surface area contributed by atoms with Crippen molar-refractivity contribution in [3.8, 4) is 18.4 Å². The van der Waals surface area contributed by atoms with Crippen LogP contribution in [0.15, 0.2) is 116 Å². The summed E-state index contributed by atoms with van der Waals surface area (Å²) in [5, 5.41) is 11.1. The average molecular weight is 2160 g/mol. The van der Waals surface area contributed by atoms with Gasteiger partial charge in [-0.3, -0.25) is 94.2 Å². The Kier molecular flexibility index (Phi) is 81.3. The third kappa shape index (κ3) is 102. The second-order valence-corrected chi connectivity index (χ2v) is 53.3. The summed E-state index contributed by atoms with van der Waals surface area (Å²) in [6, 6.07) is 10.7. The molecule has 0 spiro atoms. The van der Waals surface area contributed by atoms with E-state index >= 15 is 0 Å². The Morgan fingerprint density at radius 1 is 0.460 bits per heavy atom. The first-order chi connectivity index (χ1) is 66.9. The average Bonchev–Trinajstić information content (AvgIpc) is 1.66. The Hall–Kier alpha value is -10.2. The van der Waals surface area contributed by atoms with Crippen LogP contribution in [0.3, 0.4) is 0 Å². The number of esters is 1. The van der Waals surface area contributed by atoms with Crippen molar-refractivity contribution >= 4 is 137 Å². The van der Waals surface area contributed by atoms with Crippen LogP contribution in [0.25, 0.3) is 10.1 Å². The molecule has 3 aromatic heterocycles. The molecule has 0 bridgehead atoms. The molecule has 0 aliphatic rings. The lowest BCUT2D eigenvalue weighted by molar-refractivity contribution is -0.146. The molecule has 150 heavy (non-hydrogen) atoms. The number of carbonyl (C=O) groups is 16. The van der Waals surface area contributed by atoms with Crippen molar-refractivity contribution in [2.75, 3.05) is 13.3 Å². The Morgan fingerprint density at radius 2 is 0.813 bits per heavy atom. The smallest absolute Gasteiger partial charge is 0.303 e. The monoisotopic (exact) mass is 2160 g/mol. The molecule has 0 saturated heterocycles. The molecule has 0 radical (unpaired) electrons. The Balaban J connectivity index is -0.000000177. The molecule has 0 N–H and O–H groups in total. The van der Waals surface area contributed by atoms with E-state index in [1.807, 2.05) is 280 Å². The van der Waals surface area contributed by atoms with Gasteiger partial charge >= 0.3 is 5.97 Å². The molecule has 4 rings (SSSR count). The van der Waals surface area contributed by atoms with E-state index in [1.165, 1.54) is 75.4 Å². The van der Waals surface area contributed by atoms with E-state index in [2.05, 4.69) is 68.1 Å². The number of nitrogens with zero attached hydrogens (tertiary/aromatic N) is 5. The number of alkyl halides is 1. The minimum absolute atomic E-state index is 0.000926. The summed E-state index contributed by atoms with van der Waals surface area (Å²) in [5.41, 5.74) is 2.35. The topological polar surface area (TPSA) is 376 Å². The normalized spacial score (nSPS) is 11.1. The van der Waals surface area contributed by atoms with Crippen molar-refractivity contribution in [3.05, 3.63) is 138 Å². The minimum Gasteiger partial charge on any atom is -0.458 e. The van der Waals surface area contributed by atoms with Gasteiger partial charge in [-0.1, -0.05) is 348 Å². The maximum absolute atomic E-state index is 12.1. The number of fused-ring (bicyclic) bond motifs is 1. The number of carbonyl (C=O) groups excluding carboxylic acids is 16. The van der Waals surface area contributed by atoms with Gasteiger partial charge in [-0.25, -0.2) is 13.8 Å². The lowest BCUT2D eigenvalue weighted by Gasteiger charge is -2.16. The zero-order valence-corrected chi connectivity index (χ0v) is 105. The Labute approximate surface area is 915 Å². The van der Waals surface area contributed by atoms with Crippen molar-refractivity contribution < 1.29 is 90.2 Å². The molecule has 0 aliphatic carbocycles. The lowest BCUT2D eigenvalue weighted by Crippen LogP contribution is -2.21. The number of benzene rings is 1. The van der Waals surface area contributed by atoms with Gasteiger partial charge in [0.05, 0.1) is 42.1 Å². The molecule has 0 amide bonds. The number of ether oxygens (including phenoxy) is 1. The first-order valence-corrected chi connectivity index (χ1v) is 52.9. The molecule has 0 fully saturated rings. The van der Waals surface area contributed by atoms with E-state index in [0.29, 0.717) is 48.4 Å². The van der Waals surface area contributed by atoms with E-state index in [9.17, 15) is 95.1 Å². The number of hydrogen-bond donors (Lipinski definition) is 0. The zero-order chi connectivity index (χ0) is 121. The van der Waals surface area contributed by atoms with E-state index in [1.54, 1.807) is 77.3 Å². The van der Waals surface area contributed by atoms with Gasteiger partial charge in [0.2, 0.25) is 5.78 Å². The van der Waals surface area contributed by atoms with Crippen LogP contribution in [0.5, 0.6) is 0 Å². The van der Waals surface area contributed by atoms with Gasteiger partial charge in [0.1, 0.15) is 36.5 Å². The van der Waals surface area contributed by atoms with Crippen LogP contribution in [-0.2, 0) is 89.7 Å². The number of Topliss-reactive ketones (excluding diaryl/α,β-unsaturated/α-hetero) is 9. The fourth-order valence-electron chi connectivity index (χ4n) is 9.13. The highest BCUT2D eigenvalue weighted by molar-refractivity contribution is 7.13.